The van der Waals surface area contributed by atoms with Crippen LogP contribution < -0.4 is 0 Å². The number of furan rings is 1. The first-order valence-electron chi connectivity index (χ1n) is 10.2. The lowest BCUT2D eigenvalue weighted by molar-refractivity contribution is -0.222. The number of cyclic esters (lactones) is 2. The van der Waals surface area contributed by atoms with Gasteiger partial charge < -0.3 is 18.5 Å². The Bertz CT molecular complexity index is 1360. The number of fused-ring (bicyclic) bond motifs is 2. The van der Waals surface area contributed by atoms with Crippen molar-refractivity contribution in [3.63, 3.8) is 0 Å². The molecule has 0 N–H and O–H groups in total. The van der Waals surface area contributed by atoms with Crippen molar-refractivity contribution in [2.45, 2.75) is 33.1 Å². The van der Waals surface area contributed by atoms with Crippen LogP contribution in [0, 0.1) is 0 Å². The van der Waals surface area contributed by atoms with E-state index in [1.165, 1.54) is 19.9 Å². The number of rotatable bonds is 3. The monoisotopic (exact) mass is 415 g/mol. The van der Waals surface area contributed by atoms with Crippen molar-refractivity contribution in [1.29, 1.82) is 0 Å². The minimum absolute atomic E-state index is 0.136. The minimum atomic E-state index is -1.26. The van der Waals surface area contributed by atoms with Gasteiger partial charge in [-0.05, 0) is 23.8 Å². The zero-order valence-electron chi connectivity index (χ0n) is 17.5. The Morgan fingerprint density at radius 1 is 0.968 bits per heavy atom. The number of ether oxygens (including phenoxy) is 2. The number of esters is 2. The number of aryl methyl sites for hydroxylation is 1. The summed E-state index contributed by atoms with van der Waals surface area (Å²) in [4.78, 5) is 24.6. The third kappa shape index (κ3) is 3.20. The van der Waals surface area contributed by atoms with E-state index in [0.29, 0.717) is 17.8 Å². The average molecular weight is 415 g/mol. The van der Waals surface area contributed by atoms with Crippen LogP contribution in [0.4, 0.5) is 0 Å². The average Bonchev–Trinajstić information content (AvgIpc) is 3.26. The zero-order valence-corrected chi connectivity index (χ0v) is 17.5. The Hall–Kier alpha value is -3.80. The third-order valence-electron chi connectivity index (χ3n) is 5.40. The van der Waals surface area contributed by atoms with Crippen molar-refractivity contribution in [2.75, 3.05) is 0 Å². The van der Waals surface area contributed by atoms with Gasteiger partial charge in [-0.1, -0.05) is 42.5 Å². The molecule has 0 amide bonds. The summed E-state index contributed by atoms with van der Waals surface area (Å²) >= 11 is 0. The summed E-state index contributed by atoms with van der Waals surface area (Å²) in [5, 5.41) is 2.25. The van der Waals surface area contributed by atoms with Crippen molar-refractivity contribution in [3.8, 4) is 11.3 Å². The molecule has 2 aromatic carbocycles. The molecular weight excluding hydrogens is 394 g/mol. The van der Waals surface area contributed by atoms with Gasteiger partial charge >= 0.3 is 11.9 Å². The van der Waals surface area contributed by atoms with Gasteiger partial charge in [-0.25, -0.2) is 9.59 Å². The molecule has 1 aliphatic heterocycles. The van der Waals surface area contributed by atoms with Gasteiger partial charge in [0, 0.05) is 43.8 Å². The molecule has 156 valence electrons. The molecule has 4 aromatic rings. The maximum absolute atomic E-state index is 12.3. The van der Waals surface area contributed by atoms with E-state index in [2.05, 4.69) is 18.2 Å². The molecular formula is C25H21NO5. The molecule has 5 rings (SSSR count). The number of nitrogens with zero attached hydrogens (tertiary/aromatic N) is 1. The van der Waals surface area contributed by atoms with Gasteiger partial charge in [0.05, 0.1) is 5.52 Å². The summed E-state index contributed by atoms with van der Waals surface area (Å²) in [6.45, 7) is 5.67. The van der Waals surface area contributed by atoms with Crippen LogP contribution in [0.5, 0.6) is 0 Å². The normalized spacial score (nSPS) is 15.9. The molecule has 0 radical (unpaired) electrons. The van der Waals surface area contributed by atoms with Gasteiger partial charge in [-0.2, -0.15) is 0 Å². The van der Waals surface area contributed by atoms with Crippen LogP contribution in [0.2, 0.25) is 0 Å². The first-order valence-corrected chi connectivity index (χ1v) is 10.2. The second-order valence-corrected chi connectivity index (χ2v) is 7.94. The largest absolute Gasteiger partial charge is 0.454 e. The number of aromatic nitrogens is 1. The molecule has 31 heavy (non-hydrogen) atoms. The van der Waals surface area contributed by atoms with E-state index in [1.807, 2.05) is 47.9 Å². The number of hydrogen-bond donors (Lipinski definition) is 0. The molecule has 6 heteroatoms. The summed E-state index contributed by atoms with van der Waals surface area (Å²) in [6.07, 6.45) is 1.50. The van der Waals surface area contributed by atoms with E-state index in [9.17, 15) is 9.59 Å². The van der Waals surface area contributed by atoms with Crippen LogP contribution in [-0.2, 0) is 25.6 Å². The summed E-state index contributed by atoms with van der Waals surface area (Å²) in [5.74, 6) is -1.89. The maximum Gasteiger partial charge on any atom is 0.348 e. The summed E-state index contributed by atoms with van der Waals surface area (Å²) < 4.78 is 18.6. The first-order chi connectivity index (χ1) is 14.9. The SMILES string of the molecule is CCn1c(C=C2C(=O)OC(C)(C)OC2=O)cc2oc(-c3cccc4ccccc34)cc21. The Kier molecular flexibility index (Phi) is 4.25. The van der Waals surface area contributed by atoms with Gasteiger partial charge in [0.1, 0.15) is 11.3 Å². The second-order valence-electron chi connectivity index (χ2n) is 7.94. The van der Waals surface area contributed by atoms with E-state index in [-0.39, 0.29) is 5.57 Å². The zero-order chi connectivity index (χ0) is 21.8. The molecule has 2 aromatic heterocycles. The van der Waals surface area contributed by atoms with Crippen LogP contribution in [0.15, 0.2) is 64.6 Å². The molecule has 0 atom stereocenters. The lowest BCUT2D eigenvalue weighted by atomic mass is 10.0. The van der Waals surface area contributed by atoms with Gasteiger partial charge in [0.15, 0.2) is 5.58 Å². The standard InChI is InChI=1S/C25H21NO5/c1-4-26-16(12-19-23(27)30-25(2,3)31-24(19)28)13-22-20(26)14-21(29-22)18-11-7-9-15-8-5-6-10-17(15)18/h5-14H,4H2,1-3H3. The van der Waals surface area contributed by atoms with E-state index in [4.69, 9.17) is 13.9 Å². The highest BCUT2D eigenvalue weighted by Crippen LogP contribution is 2.35. The summed E-state index contributed by atoms with van der Waals surface area (Å²) in [6, 6.07) is 18.1. The fourth-order valence-electron chi connectivity index (χ4n) is 4.03. The predicted molar refractivity (Wildman–Crippen MR) is 117 cm³/mol. The van der Waals surface area contributed by atoms with Crippen molar-refractivity contribution in [3.05, 3.63) is 65.9 Å². The molecule has 0 spiro atoms. The fraction of sp³-hybridized carbons (Fsp3) is 0.200. The Balaban J connectivity index is 1.59. The molecule has 1 fully saturated rings. The minimum Gasteiger partial charge on any atom is -0.454 e. The van der Waals surface area contributed by atoms with Crippen molar-refractivity contribution < 1.29 is 23.5 Å². The molecule has 0 aliphatic carbocycles. The molecule has 0 saturated carbocycles. The van der Waals surface area contributed by atoms with Gasteiger partial charge in [0.2, 0.25) is 0 Å². The second kappa shape index (κ2) is 6.87. The topological polar surface area (TPSA) is 70.7 Å². The number of hydrogen-bond acceptors (Lipinski definition) is 5. The molecule has 3 heterocycles. The van der Waals surface area contributed by atoms with E-state index >= 15 is 0 Å². The van der Waals surface area contributed by atoms with Gasteiger partial charge in [-0.3, -0.25) is 0 Å². The molecule has 1 aliphatic rings. The van der Waals surface area contributed by atoms with Crippen LogP contribution in [0.1, 0.15) is 26.5 Å². The van der Waals surface area contributed by atoms with Crippen molar-refractivity contribution in [2.24, 2.45) is 0 Å². The van der Waals surface area contributed by atoms with Gasteiger partial charge in [-0.15, -0.1) is 0 Å². The molecule has 0 bridgehead atoms. The molecule has 0 unspecified atom stereocenters. The van der Waals surface area contributed by atoms with Crippen LogP contribution in [0.3, 0.4) is 0 Å². The van der Waals surface area contributed by atoms with E-state index in [1.54, 1.807) is 0 Å². The highest BCUT2D eigenvalue weighted by atomic mass is 16.7. The quantitative estimate of drug-likeness (QED) is 0.258. The maximum atomic E-state index is 12.3. The Morgan fingerprint density at radius 2 is 1.68 bits per heavy atom. The van der Waals surface area contributed by atoms with E-state index < -0.39 is 17.7 Å². The summed E-state index contributed by atoms with van der Waals surface area (Å²) in [7, 11) is 0. The number of carbonyl (C=O) groups excluding carboxylic acids is 2. The first kappa shape index (κ1) is 19.2. The molecule has 1 saturated heterocycles. The van der Waals surface area contributed by atoms with Gasteiger partial charge in [0.25, 0.3) is 5.79 Å². The lowest BCUT2D eigenvalue weighted by Gasteiger charge is -2.29. The Labute approximate surface area is 178 Å². The Morgan fingerprint density at radius 3 is 2.42 bits per heavy atom. The highest BCUT2D eigenvalue weighted by Gasteiger charge is 2.39. The lowest BCUT2D eigenvalue weighted by Crippen LogP contribution is -2.41. The van der Waals surface area contributed by atoms with Crippen LogP contribution >= 0.6 is 0 Å². The molecule has 6 nitrogen and oxygen atoms in total. The smallest absolute Gasteiger partial charge is 0.348 e. The third-order valence-corrected chi connectivity index (χ3v) is 5.40. The summed E-state index contributed by atoms with van der Waals surface area (Å²) in [5.41, 5.74) is 3.11. The van der Waals surface area contributed by atoms with E-state index in [0.717, 1.165) is 27.6 Å². The van der Waals surface area contributed by atoms with Crippen LogP contribution in [0.25, 0.3) is 39.3 Å². The van der Waals surface area contributed by atoms with Crippen molar-refractivity contribution in [1.82, 2.24) is 4.57 Å². The predicted octanol–water partition coefficient (Wildman–Crippen LogP) is 5.29. The fourth-order valence-corrected chi connectivity index (χ4v) is 4.03. The highest BCUT2D eigenvalue weighted by molar-refractivity contribution is 6.19. The number of benzene rings is 2. The van der Waals surface area contributed by atoms with Crippen molar-refractivity contribution >= 4 is 39.9 Å². The number of carbonyl (C=O) groups is 2. The van der Waals surface area contributed by atoms with Crippen LogP contribution in [-0.4, -0.2) is 22.3 Å².